The second-order valence-electron chi connectivity index (χ2n) is 4.77. The summed E-state index contributed by atoms with van der Waals surface area (Å²) < 4.78 is 0. The molecule has 0 atom stereocenters. The van der Waals surface area contributed by atoms with E-state index in [-0.39, 0.29) is 5.91 Å². The highest BCUT2D eigenvalue weighted by Crippen LogP contribution is 2.37. The van der Waals surface area contributed by atoms with Gasteiger partial charge in [0.05, 0.1) is 11.4 Å². The summed E-state index contributed by atoms with van der Waals surface area (Å²) >= 11 is 0. The van der Waals surface area contributed by atoms with E-state index in [0.29, 0.717) is 6.54 Å². The fraction of sp³-hybridized carbons (Fsp3) is 0.462. The van der Waals surface area contributed by atoms with Crippen LogP contribution in [0.4, 0.5) is 11.4 Å². The lowest BCUT2D eigenvalue weighted by Gasteiger charge is -2.40. The van der Waals surface area contributed by atoms with Gasteiger partial charge in [0.25, 0.3) is 5.91 Å². The quantitative estimate of drug-likeness (QED) is 0.785. The summed E-state index contributed by atoms with van der Waals surface area (Å²) in [4.78, 5) is 14.1. The van der Waals surface area contributed by atoms with Crippen molar-refractivity contribution in [2.75, 3.05) is 16.8 Å². The Bertz CT molecular complexity index is 438. The largest absolute Gasteiger partial charge is 0.370 e. The van der Waals surface area contributed by atoms with Crippen LogP contribution in [0, 0.1) is 6.92 Å². The van der Waals surface area contributed by atoms with Crippen molar-refractivity contribution in [2.24, 2.45) is 0 Å². The Hall–Kier alpha value is -1.51. The summed E-state index contributed by atoms with van der Waals surface area (Å²) in [6.07, 6.45) is 0. The van der Waals surface area contributed by atoms with Crippen LogP contribution in [0.2, 0.25) is 0 Å². The molecule has 3 heteroatoms. The first-order valence-corrected chi connectivity index (χ1v) is 5.67. The number of anilines is 2. The molecule has 1 aromatic carbocycles. The highest BCUT2D eigenvalue weighted by atomic mass is 16.2. The van der Waals surface area contributed by atoms with Crippen LogP contribution in [0.5, 0.6) is 0 Å². The number of fused-ring (bicyclic) bond motifs is 1. The average Bonchev–Trinajstić information content (AvgIpc) is 2.22. The van der Waals surface area contributed by atoms with Crippen molar-refractivity contribution >= 4 is 17.3 Å². The topological polar surface area (TPSA) is 32.3 Å². The number of likely N-dealkylation sites (N-methyl/N-ethyl adjacent to an activating group) is 1. The first-order chi connectivity index (χ1) is 7.47. The number of hydrogen-bond acceptors (Lipinski definition) is 2. The van der Waals surface area contributed by atoms with E-state index in [9.17, 15) is 4.79 Å². The Kier molecular flexibility index (Phi) is 2.41. The van der Waals surface area contributed by atoms with Crippen LogP contribution in [-0.2, 0) is 4.79 Å². The molecule has 1 aliphatic rings. The fourth-order valence-corrected chi connectivity index (χ4v) is 2.17. The van der Waals surface area contributed by atoms with E-state index >= 15 is 0 Å². The Morgan fingerprint density at radius 2 is 2.06 bits per heavy atom. The number of rotatable bonds is 1. The lowest BCUT2D eigenvalue weighted by molar-refractivity contribution is -0.122. The summed E-state index contributed by atoms with van der Waals surface area (Å²) in [6.45, 7) is 8.62. The molecule has 16 heavy (non-hydrogen) atoms. The van der Waals surface area contributed by atoms with Gasteiger partial charge in [0.15, 0.2) is 0 Å². The van der Waals surface area contributed by atoms with Crippen LogP contribution in [0.1, 0.15) is 26.3 Å². The molecule has 0 fully saturated rings. The van der Waals surface area contributed by atoms with Gasteiger partial charge in [-0.15, -0.1) is 0 Å². The van der Waals surface area contributed by atoms with E-state index in [4.69, 9.17) is 0 Å². The number of benzene rings is 1. The minimum absolute atomic E-state index is 0.133. The zero-order valence-corrected chi connectivity index (χ0v) is 10.3. The van der Waals surface area contributed by atoms with Crippen LogP contribution < -0.4 is 10.2 Å². The molecule has 1 heterocycles. The van der Waals surface area contributed by atoms with Gasteiger partial charge in [-0.3, -0.25) is 4.79 Å². The summed E-state index contributed by atoms with van der Waals surface area (Å²) in [7, 11) is 0. The molecule has 0 unspecified atom stereocenters. The number of nitrogens with one attached hydrogen (secondary N) is 1. The van der Waals surface area contributed by atoms with Gasteiger partial charge >= 0.3 is 0 Å². The van der Waals surface area contributed by atoms with Gasteiger partial charge in [-0.1, -0.05) is 12.1 Å². The minimum atomic E-state index is -0.519. The zero-order valence-electron chi connectivity index (χ0n) is 10.3. The molecule has 1 aliphatic heterocycles. The zero-order chi connectivity index (χ0) is 11.9. The molecular formula is C13H18N2O. The Balaban J connectivity index is 2.60. The standard InChI is InChI=1S/C13H18N2O/c1-5-15-10-8-6-7-9(2)11(10)14-13(3,4)12(15)16/h6-8,14H,5H2,1-4H3. The Morgan fingerprint density at radius 3 is 2.69 bits per heavy atom. The van der Waals surface area contributed by atoms with Crippen LogP contribution in [-0.4, -0.2) is 18.0 Å². The molecular weight excluding hydrogens is 200 g/mol. The number of amides is 1. The second-order valence-corrected chi connectivity index (χ2v) is 4.77. The maximum absolute atomic E-state index is 12.2. The highest BCUT2D eigenvalue weighted by molar-refractivity contribution is 6.07. The highest BCUT2D eigenvalue weighted by Gasteiger charge is 2.38. The molecule has 0 aromatic heterocycles. The minimum Gasteiger partial charge on any atom is -0.370 e. The van der Waals surface area contributed by atoms with Gasteiger partial charge in [0.2, 0.25) is 0 Å². The number of aryl methyl sites for hydroxylation is 1. The lowest BCUT2D eigenvalue weighted by atomic mass is 9.96. The summed E-state index contributed by atoms with van der Waals surface area (Å²) in [5, 5.41) is 3.33. The third-order valence-electron chi connectivity index (χ3n) is 3.08. The second kappa shape index (κ2) is 3.51. The molecule has 2 rings (SSSR count). The first kappa shape index (κ1) is 11.0. The van der Waals surface area contributed by atoms with Crippen molar-refractivity contribution in [3.63, 3.8) is 0 Å². The maximum atomic E-state index is 12.2. The van der Waals surface area contributed by atoms with Crippen LogP contribution in [0.25, 0.3) is 0 Å². The number of carbonyl (C=O) groups is 1. The SMILES string of the molecule is CCN1C(=O)C(C)(C)Nc2c(C)cccc21. The molecule has 3 nitrogen and oxygen atoms in total. The number of nitrogens with zero attached hydrogens (tertiary/aromatic N) is 1. The van der Waals surface area contributed by atoms with Gasteiger partial charge in [0.1, 0.15) is 5.54 Å². The van der Waals surface area contributed by atoms with Crippen LogP contribution in [0.3, 0.4) is 0 Å². The van der Waals surface area contributed by atoms with Crippen molar-refractivity contribution in [1.29, 1.82) is 0 Å². The van der Waals surface area contributed by atoms with E-state index in [1.54, 1.807) is 0 Å². The van der Waals surface area contributed by atoms with Crippen molar-refractivity contribution in [1.82, 2.24) is 0 Å². The number of hydrogen-bond donors (Lipinski definition) is 1. The van der Waals surface area contributed by atoms with Crippen LogP contribution in [0.15, 0.2) is 18.2 Å². The Morgan fingerprint density at radius 1 is 1.38 bits per heavy atom. The van der Waals surface area contributed by atoms with E-state index in [0.717, 1.165) is 11.4 Å². The molecule has 0 saturated carbocycles. The summed E-state index contributed by atoms with van der Waals surface area (Å²) in [5.74, 6) is 0.133. The predicted molar refractivity (Wildman–Crippen MR) is 66.9 cm³/mol. The predicted octanol–water partition coefficient (Wildman–Crippen LogP) is 2.55. The molecule has 0 aliphatic carbocycles. The fourth-order valence-electron chi connectivity index (χ4n) is 2.17. The van der Waals surface area contributed by atoms with Gasteiger partial charge in [-0.25, -0.2) is 0 Å². The first-order valence-electron chi connectivity index (χ1n) is 5.67. The van der Waals surface area contributed by atoms with E-state index < -0.39 is 5.54 Å². The summed E-state index contributed by atoms with van der Waals surface area (Å²) in [6, 6.07) is 6.04. The molecule has 0 spiro atoms. The molecule has 0 radical (unpaired) electrons. The van der Waals surface area contributed by atoms with Crippen molar-refractivity contribution in [3.05, 3.63) is 23.8 Å². The van der Waals surface area contributed by atoms with Gasteiger partial charge in [-0.2, -0.15) is 0 Å². The van der Waals surface area contributed by atoms with Crippen LogP contribution >= 0.6 is 0 Å². The smallest absolute Gasteiger partial charge is 0.252 e. The Labute approximate surface area is 96.5 Å². The molecule has 86 valence electrons. The van der Waals surface area contributed by atoms with E-state index in [2.05, 4.69) is 18.3 Å². The third-order valence-corrected chi connectivity index (χ3v) is 3.08. The summed E-state index contributed by atoms with van der Waals surface area (Å²) in [5.41, 5.74) is 2.73. The molecule has 0 bridgehead atoms. The molecule has 1 N–H and O–H groups in total. The lowest BCUT2D eigenvalue weighted by Crippen LogP contribution is -2.54. The average molecular weight is 218 g/mol. The van der Waals surface area contributed by atoms with Gasteiger partial charge in [-0.05, 0) is 39.3 Å². The van der Waals surface area contributed by atoms with Gasteiger partial charge in [0, 0.05) is 6.54 Å². The maximum Gasteiger partial charge on any atom is 0.252 e. The van der Waals surface area contributed by atoms with Gasteiger partial charge < -0.3 is 10.2 Å². The molecule has 1 amide bonds. The van der Waals surface area contributed by atoms with Crippen molar-refractivity contribution in [3.8, 4) is 0 Å². The van der Waals surface area contributed by atoms with Crippen molar-refractivity contribution in [2.45, 2.75) is 33.2 Å². The number of carbonyl (C=O) groups excluding carboxylic acids is 1. The molecule has 1 aromatic rings. The number of para-hydroxylation sites is 1. The normalized spacial score (nSPS) is 18.0. The molecule has 0 saturated heterocycles. The monoisotopic (exact) mass is 218 g/mol. The van der Waals surface area contributed by atoms with E-state index in [1.807, 2.05) is 37.8 Å². The van der Waals surface area contributed by atoms with E-state index in [1.165, 1.54) is 5.56 Å². The van der Waals surface area contributed by atoms with Crippen molar-refractivity contribution < 1.29 is 4.79 Å². The third kappa shape index (κ3) is 1.47.